The Bertz CT molecular complexity index is 1240. The van der Waals surface area contributed by atoms with Crippen LogP contribution in [0.4, 0.5) is 10.7 Å². The molecule has 1 atom stereocenters. The maximum atomic E-state index is 12.3. The SMILES string of the molecule is CC(OC(=O)Nc1ocnc1-c1nc2nc(C3(C(=O)O)CC3)sc2s1)c1ccccc1. The fourth-order valence-corrected chi connectivity index (χ4v) is 5.50. The van der Waals surface area contributed by atoms with E-state index in [1.807, 2.05) is 30.3 Å². The van der Waals surface area contributed by atoms with Crippen molar-refractivity contribution in [2.45, 2.75) is 31.3 Å². The van der Waals surface area contributed by atoms with Crippen LogP contribution in [0.2, 0.25) is 0 Å². The van der Waals surface area contributed by atoms with Crippen LogP contribution in [0.25, 0.3) is 20.4 Å². The number of rotatable bonds is 6. The molecule has 1 fully saturated rings. The van der Waals surface area contributed by atoms with E-state index in [4.69, 9.17) is 9.15 Å². The molecule has 1 amide bonds. The standard InChI is InChI=1S/C20H16N4O5S2/c1-10(11-5-3-2-4-6-11)29-19(27)24-14-12(21-9-28-14)15-22-13-16(30-15)31-17(23-13)20(7-8-20)18(25)26/h2-6,9-10H,7-8H2,1H3,(H,24,27)(H,25,26). The van der Waals surface area contributed by atoms with Crippen LogP contribution in [0.3, 0.4) is 0 Å². The summed E-state index contributed by atoms with van der Waals surface area (Å²) < 4.78 is 11.5. The highest BCUT2D eigenvalue weighted by Gasteiger charge is 2.54. The number of aromatic nitrogens is 3. The minimum atomic E-state index is -0.856. The molecule has 9 nitrogen and oxygen atoms in total. The predicted molar refractivity (Wildman–Crippen MR) is 114 cm³/mol. The zero-order valence-corrected chi connectivity index (χ0v) is 17.8. The van der Waals surface area contributed by atoms with Crippen molar-refractivity contribution in [2.75, 3.05) is 5.32 Å². The summed E-state index contributed by atoms with van der Waals surface area (Å²) in [5.41, 5.74) is 0.847. The third-order valence-electron chi connectivity index (χ3n) is 5.08. The van der Waals surface area contributed by atoms with Gasteiger partial charge >= 0.3 is 12.1 Å². The van der Waals surface area contributed by atoms with E-state index in [1.165, 1.54) is 29.1 Å². The molecule has 1 aliphatic rings. The number of oxazole rings is 1. The molecule has 0 saturated heterocycles. The molecular weight excluding hydrogens is 440 g/mol. The van der Waals surface area contributed by atoms with E-state index in [0.29, 0.717) is 34.2 Å². The molecule has 0 aliphatic heterocycles. The first-order chi connectivity index (χ1) is 15.0. The summed E-state index contributed by atoms with van der Waals surface area (Å²) in [6, 6.07) is 9.38. The minimum Gasteiger partial charge on any atom is -0.481 e. The fourth-order valence-electron chi connectivity index (χ4n) is 3.15. The Morgan fingerprint density at radius 3 is 2.68 bits per heavy atom. The first kappa shape index (κ1) is 19.6. The molecule has 2 N–H and O–H groups in total. The van der Waals surface area contributed by atoms with Crippen molar-refractivity contribution in [1.82, 2.24) is 15.0 Å². The van der Waals surface area contributed by atoms with Gasteiger partial charge in [0.05, 0.1) is 0 Å². The second-order valence-corrected chi connectivity index (χ2v) is 9.41. The molecule has 1 unspecified atom stereocenters. The Labute approximate surface area is 183 Å². The van der Waals surface area contributed by atoms with Crippen LogP contribution in [-0.2, 0) is 14.9 Å². The second kappa shape index (κ2) is 7.43. The summed E-state index contributed by atoms with van der Waals surface area (Å²) in [5, 5.41) is 13.1. The lowest BCUT2D eigenvalue weighted by Crippen LogP contribution is -2.19. The molecule has 3 aromatic heterocycles. The number of nitrogens with zero attached hydrogens (tertiary/aromatic N) is 3. The van der Waals surface area contributed by atoms with Crippen molar-refractivity contribution in [3.8, 4) is 10.7 Å². The number of carbonyl (C=O) groups excluding carboxylic acids is 1. The van der Waals surface area contributed by atoms with E-state index < -0.39 is 23.6 Å². The van der Waals surface area contributed by atoms with Crippen LogP contribution >= 0.6 is 22.7 Å². The van der Waals surface area contributed by atoms with Gasteiger partial charge in [0, 0.05) is 0 Å². The van der Waals surface area contributed by atoms with Gasteiger partial charge in [-0.25, -0.2) is 19.7 Å². The number of carbonyl (C=O) groups is 2. The summed E-state index contributed by atoms with van der Waals surface area (Å²) in [6.07, 6.45) is 1.28. The average Bonchev–Trinajstić information content (AvgIpc) is 3.05. The molecule has 3 heterocycles. The van der Waals surface area contributed by atoms with Gasteiger partial charge in [0.1, 0.15) is 20.5 Å². The Morgan fingerprint density at radius 2 is 2.00 bits per heavy atom. The van der Waals surface area contributed by atoms with Crippen LogP contribution < -0.4 is 5.32 Å². The van der Waals surface area contributed by atoms with E-state index in [1.54, 1.807) is 6.92 Å². The number of hydrogen-bond acceptors (Lipinski definition) is 9. The molecule has 158 valence electrons. The van der Waals surface area contributed by atoms with Gasteiger partial charge in [-0.15, -0.1) is 11.3 Å². The molecule has 11 heteroatoms. The van der Waals surface area contributed by atoms with Gasteiger partial charge in [-0.3, -0.25) is 10.1 Å². The van der Waals surface area contributed by atoms with Gasteiger partial charge in [0.25, 0.3) is 0 Å². The third-order valence-corrected chi connectivity index (χ3v) is 7.47. The molecule has 0 bridgehead atoms. The van der Waals surface area contributed by atoms with E-state index in [2.05, 4.69) is 20.3 Å². The van der Waals surface area contributed by atoms with Gasteiger partial charge in [0.2, 0.25) is 5.88 Å². The van der Waals surface area contributed by atoms with E-state index in [-0.39, 0.29) is 5.88 Å². The number of carboxylic acids is 1. The van der Waals surface area contributed by atoms with E-state index in [0.717, 1.165) is 9.58 Å². The molecule has 4 aromatic rings. The normalized spacial score (nSPS) is 15.5. The predicted octanol–water partition coefficient (Wildman–Crippen LogP) is 4.83. The summed E-state index contributed by atoms with van der Waals surface area (Å²) in [4.78, 5) is 36.9. The maximum absolute atomic E-state index is 12.3. The zero-order valence-electron chi connectivity index (χ0n) is 16.2. The lowest BCUT2D eigenvalue weighted by molar-refractivity contribution is -0.140. The Balaban J connectivity index is 1.33. The van der Waals surface area contributed by atoms with Crippen LogP contribution in [-0.4, -0.2) is 32.1 Å². The Morgan fingerprint density at radius 1 is 1.23 bits per heavy atom. The number of benzene rings is 1. The zero-order chi connectivity index (χ0) is 21.6. The minimum absolute atomic E-state index is 0.121. The van der Waals surface area contributed by atoms with Crippen LogP contribution in [0.5, 0.6) is 0 Å². The molecule has 1 saturated carbocycles. The Hall–Kier alpha value is -3.31. The lowest BCUT2D eigenvalue weighted by Gasteiger charge is -2.13. The van der Waals surface area contributed by atoms with Gasteiger partial charge in [-0.05, 0) is 25.3 Å². The monoisotopic (exact) mass is 456 g/mol. The topological polar surface area (TPSA) is 127 Å². The maximum Gasteiger partial charge on any atom is 0.414 e. The van der Waals surface area contributed by atoms with Gasteiger partial charge in [0.15, 0.2) is 22.7 Å². The van der Waals surface area contributed by atoms with Crippen molar-refractivity contribution in [3.63, 3.8) is 0 Å². The molecule has 1 aliphatic carbocycles. The number of hydrogen-bond donors (Lipinski definition) is 2. The smallest absolute Gasteiger partial charge is 0.414 e. The molecule has 1 aromatic carbocycles. The van der Waals surface area contributed by atoms with Gasteiger partial charge < -0.3 is 14.3 Å². The molecule has 0 radical (unpaired) electrons. The molecular formula is C20H16N4O5S2. The summed E-state index contributed by atoms with van der Waals surface area (Å²) in [5.74, 6) is -0.726. The highest BCUT2D eigenvalue weighted by atomic mass is 32.2. The number of amides is 1. The highest BCUT2D eigenvalue weighted by molar-refractivity contribution is 7.39. The first-order valence-corrected chi connectivity index (χ1v) is 11.1. The third kappa shape index (κ3) is 3.55. The van der Waals surface area contributed by atoms with Crippen LogP contribution in [0, 0.1) is 0 Å². The summed E-state index contributed by atoms with van der Waals surface area (Å²) in [6.45, 7) is 1.78. The first-order valence-electron chi connectivity index (χ1n) is 9.44. The second-order valence-electron chi connectivity index (χ2n) is 7.15. The molecule has 31 heavy (non-hydrogen) atoms. The van der Waals surface area contributed by atoms with E-state index >= 15 is 0 Å². The van der Waals surface area contributed by atoms with Gasteiger partial charge in [-0.1, -0.05) is 41.7 Å². The number of anilines is 1. The molecule has 0 spiro atoms. The van der Waals surface area contributed by atoms with Crippen molar-refractivity contribution in [2.24, 2.45) is 0 Å². The Kier molecular flexibility index (Phi) is 4.71. The number of fused-ring (bicyclic) bond motifs is 1. The van der Waals surface area contributed by atoms with Crippen LogP contribution in [0.15, 0.2) is 41.1 Å². The number of aliphatic carboxylic acids is 1. The fraction of sp³-hybridized carbons (Fsp3) is 0.250. The number of carboxylic acid groups (broad SMARTS) is 1. The quantitative estimate of drug-likeness (QED) is 0.422. The largest absolute Gasteiger partial charge is 0.481 e. The van der Waals surface area contributed by atoms with Crippen molar-refractivity contribution >= 4 is 50.3 Å². The van der Waals surface area contributed by atoms with Crippen molar-refractivity contribution in [1.29, 1.82) is 0 Å². The van der Waals surface area contributed by atoms with Gasteiger partial charge in [-0.2, -0.15) is 0 Å². The summed E-state index contributed by atoms with van der Waals surface area (Å²) in [7, 11) is 0. The summed E-state index contributed by atoms with van der Waals surface area (Å²) >= 11 is 2.65. The number of ether oxygens (including phenoxy) is 1. The van der Waals surface area contributed by atoms with Crippen LogP contribution in [0.1, 0.15) is 36.4 Å². The molecule has 5 rings (SSSR count). The number of thiazole rings is 2. The number of nitrogens with one attached hydrogen (secondary N) is 1. The highest BCUT2D eigenvalue weighted by Crippen LogP contribution is 2.51. The average molecular weight is 457 g/mol. The van der Waals surface area contributed by atoms with Crippen molar-refractivity contribution < 1.29 is 23.8 Å². The van der Waals surface area contributed by atoms with E-state index in [9.17, 15) is 14.7 Å². The van der Waals surface area contributed by atoms with Crippen molar-refractivity contribution in [3.05, 3.63) is 47.3 Å². The lowest BCUT2D eigenvalue weighted by atomic mass is 10.1.